The van der Waals surface area contributed by atoms with Gasteiger partial charge in [-0.2, -0.15) is 21.9 Å². The Hall–Kier alpha value is -2.54. The predicted molar refractivity (Wildman–Crippen MR) is 92.4 cm³/mol. The second kappa shape index (κ2) is 6.99. The molecule has 12 heteroatoms. The van der Waals surface area contributed by atoms with Crippen molar-refractivity contribution in [2.75, 3.05) is 12.8 Å². The Morgan fingerprint density at radius 3 is 2.12 bits per heavy atom. The van der Waals surface area contributed by atoms with Crippen molar-refractivity contribution in [2.24, 2.45) is 10.2 Å². The van der Waals surface area contributed by atoms with Gasteiger partial charge in [0.05, 0.1) is 23.4 Å². The zero-order valence-electron chi connectivity index (χ0n) is 13.6. The van der Waals surface area contributed by atoms with Crippen LogP contribution < -0.4 is 10.5 Å². The molecule has 0 atom stereocenters. The summed E-state index contributed by atoms with van der Waals surface area (Å²) >= 11 is 0. The lowest BCUT2D eigenvalue weighted by Gasteiger charge is -2.08. The minimum absolute atomic E-state index is 0.316. The van der Waals surface area contributed by atoms with Crippen molar-refractivity contribution in [3.63, 3.8) is 0 Å². The van der Waals surface area contributed by atoms with Gasteiger partial charge in [-0.25, -0.2) is 0 Å². The molecule has 2 aromatic carbocycles. The number of ether oxygens (including phenoxy) is 1. The Morgan fingerprint density at radius 2 is 1.58 bits per heavy atom. The molecule has 0 radical (unpaired) electrons. The fourth-order valence-corrected chi connectivity index (χ4v) is 3.27. The van der Waals surface area contributed by atoms with Crippen LogP contribution in [0.3, 0.4) is 0 Å². The van der Waals surface area contributed by atoms with Gasteiger partial charge in [-0.15, -0.1) is 5.11 Å². The number of hydrogen-bond donors (Lipinski definition) is 3. The van der Waals surface area contributed by atoms with E-state index in [2.05, 4.69) is 10.2 Å². The molecule has 10 nitrogen and oxygen atoms in total. The highest BCUT2D eigenvalue weighted by Crippen LogP contribution is 2.33. The number of anilines is 1. The summed E-state index contributed by atoms with van der Waals surface area (Å²) in [6.45, 7) is 1.69. The Labute approximate surface area is 149 Å². The number of nitrogens with zero attached hydrogens (tertiary/aromatic N) is 2. The van der Waals surface area contributed by atoms with Crippen LogP contribution in [0.5, 0.6) is 5.75 Å². The summed E-state index contributed by atoms with van der Waals surface area (Å²) in [7, 11) is -8.08. The topological polar surface area (TPSA) is 169 Å². The molecule has 4 N–H and O–H groups in total. The summed E-state index contributed by atoms with van der Waals surface area (Å²) in [4.78, 5) is -1.54. The minimum atomic E-state index is -4.82. The Morgan fingerprint density at radius 1 is 0.962 bits per heavy atom. The second-order valence-corrected chi connectivity index (χ2v) is 7.97. The molecule has 0 aliphatic carbocycles. The summed E-state index contributed by atoms with van der Waals surface area (Å²) in [5.74, 6) is 0.335. The van der Waals surface area contributed by atoms with E-state index in [0.717, 1.165) is 12.1 Å². The first-order chi connectivity index (χ1) is 11.9. The third kappa shape index (κ3) is 4.35. The van der Waals surface area contributed by atoms with Crippen molar-refractivity contribution in [2.45, 2.75) is 16.7 Å². The molecule has 26 heavy (non-hydrogen) atoms. The van der Waals surface area contributed by atoms with Gasteiger partial charge in [0.25, 0.3) is 20.2 Å². The summed E-state index contributed by atoms with van der Waals surface area (Å²) in [6, 6.07) is 5.55. The van der Waals surface area contributed by atoms with Gasteiger partial charge in [0.15, 0.2) is 0 Å². The van der Waals surface area contributed by atoms with E-state index in [9.17, 15) is 21.4 Å². The number of hydrogen-bond acceptors (Lipinski definition) is 8. The van der Waals surface area contributed by atoms with Gasteiger partial charge < -0.3 is 10.5 Å². The van der Waals surface area contributed by atoms with Gasteiger partial charge in [0, 0.05) is 6.07 Å². The number of nitrogens with two attached hydrogens (primary N) is 1. The summed E-state index contributed by atoms with van der Waals surface area (Å²) < 4.78 is 68.7. The molecule has 0 unspecified atom stereocenters. The number of azo groups is 1. The highest BCUT2D eigenvalue weighted by atomic mass is 32.2. The van der Waals surface area contributed by atoms with Crippen LogP contribution in [0.15, 0.2) is 50.4 Å². The van der Waals surface area contributed by atoms with Crippen LogP contribution in [0.1, 0.15) is 5.56 Å². The molecule has 0 saturated heterocycles. The van der Waals surface area contributed by atoms with E-state index in [1.165, 1.54) is 13.2 Å². The number of nitrogen functional groups attached to an aromatic ring is 1. The molecule has 0 spiro atoms. The lowest BCUT2D eigenvalue weighted by Crippen LogP contribution is -2.03. The Bertz CT molecular complexity index is 1090. The van der Waals surface area contributed by atoms with Crippen LogP contribution in [-0.2, 0) is 20.2 Å². The van der Waals surface area contributed by atoms with E-state index < -0.39 is 30.0 Å². The number of rotatable bonds is 5. The zero-order valence-corrected chi connectivity index (χ0v) is 15.2. The first kappa shape index (κ1) is 19.8. The van der Waals surface area contributed by atoms with Crippen molar-refractivity contribution in [1.29, 1.82) is 0 Å². The first-order valence-corrected chi connectivity index (χ1v) is 9.76. The molecule has 140 valence electrons. The standard InChI is InChI=1S/C14H15N3O7S2/c1-8-5-10(15)13(24-2)7-12(8)17-16-11-4-3-9(25(18,19)20)6-14(11)26(21,22)23/h3-7H,15H2,1-2H3,(H,18,19,20)(H,21,22,23)/b17-16+. The third-order valence-electron chi connectivity index (χ3n) is 3.32. The average Bonchev–Trinajstić information content (AvgIpc) is 2.52. The first-order valence-electron chi connectivity index (χ1n) is 6.88. The van der Waals surface area contributed by atoms with Crippen LogP contribution >= 0.6 is 0 Å². The third-order valence-corrected chi connectivity index (χ3v) is 5.05. The second-order valence-electron chi connectivity index (χ2n) is 5.16. The molecule has 0 aliphatic rings. The minimum Gasteiger partial charge on any atom is -0.495 e. The van der Waals surface area contributed by atoms with E-state index in [1.54, 1.807) is 13.0 Å². The van der Waals surface area contributed by atoms with Crippen molar-refractivity contribution in [3.8, 4) is 5.75 Å². The fourth-order valence-electron chi connectivity index (χ4n) is 2.04. The van der Waals surface area contributed by atoms with Crippen LogP contribution in [0.4, 0.5) is 17.1 Å². The fraction of sp³-hybridized carbons (Fsp3) is 0.143. The molecule has 0 saturated carbocycles. The largest absolute Gasteiger partial charge is 0.495 e. The maximum Gasteiger partial charge on any atom is 0.296 e. The maximum absolute atomic E-state index is 11.5. The predicted octanol–water partition coefficient (Wildman–Crippen LogP) is 2.49. The van der Waals surface area contributed by atoms with E-state index >= 15 is 0 Å². The van der Waals surface area contributed by atoms with Gasteiger partial charge >= 0.3 is 0 Å². The maximum atomic E-state index is 11.5. The molecule has 2 aromatic rings. The van der Waals surface area contributed by atoms with Crippen molar-refractivity contribution >= 4 is 37.3 Å². The van der Waals surface area contributed by atoms with Crippen LogP contribution in [0.2, 0.25) is 0 Å². The number of aryl methyl sites for hydroxylation is 1. The molecule has 0 aliphatic heterocycles. The number of benzene rings is 2. The average molecular weight is 401 g/mol. The molecule has 2 rings (SSSR count). The lowest BCUT2D eigenvalue weighted by molar-refractivity contribution is 0.417. The summed E-state index contributed by atoms with van der Waals surface area (Å²) in [6.07, 6.45) is 0. The Kier molecular flexibility index (Phi) is 5.32. The highest BCUT2D eigenvalue weighted by molar-refractivity contribution is 7.86. The summed E-state index contributed by atoms with van der Waals surface area (Å²) in [5, 5.41) is 7.64. The van der Waals surface area contributed by atoms with Gasteiger partial charge in [-0.3, -0.25) is 9.11 Å². The number of methoxy groups -OCH3 is 1. The molecule has 0 amide bonds. The SMILES string of the molecule is COc1cc(/N=N/c2ccc(S(=O)(=O)O)cc2S(=O)(=O)O)c(C)cc1N. The molecule has 0 aromatic heterocycles. The summed E-state index contributed by atoms with van der Waals surface area (Å²) in [5.41, 5.74) is 6.74. The zero-order chi connectivity index (χ0) is 19.7. The molecular weight excluding hydrogens is 386 g/mol. The van der Waals surface area contributed by atoms with Gasteiger partial charge in [-0.1, -0.05) is 0 Å². The van der Waals surface area contributed by atoms with E-state index in [-0.39, 0.29) is 5.69 Å². The van der Waals surface area contributed by atoms with Gasteiger partial charge in [0.1, 0.15) is 16.3 Å². The van der Waals surface area contributed by atoms with Gasteiger partial charge in [-0.05, 0) is 36.8 Å². The normalized spacial score (nSPS) is 12.5. The van der Waals surface area contributed by atoms with Crippen molar-refractivity contribution in [1.82, 2.24) is 0 Å². The monoisotopic (exact) mass is 401 g/mol. The molecule has 0 bridgehead atoms. The van der Waals surface area contributed by atoms with E-state index in [0.29, 0.717) is 28.8 Å². The lowest BCUT2D eigenvalue weighted by atomic mass is 10.1. The van der Waals surface area contributed by atoms with Crippen molar-refractivity contribution in [3.05, 3.63) is 35.9 Å². The van der Waals surface area contributed by atoms with Crippen LogP contribution in [0, 0.1) is 6.92 Å². The molecular formula is C14H15N3O7S2. The quantitative estimate of drug-likeness (QED) is 0.390. The van der Waals surface area contributed by atoms with Gasteiger partial charge in [0.2, 0.25) is 0 Å². The Balaban J connectivity index is 2.58. The highest BCUT2D eigenvalue weighted by Gasteiger charge is 2.20. The van der Waals surface area contributed by atoms with Crippen LogP contribution in [-0.4, -0.2) is 33.1 Å². The van der Waals surface area contributed by atoms with E-state index in [1.807, 2.05) is 0 Å². The van der Waals surface area contributed by atoms with Crippen molar-refractivity contribution < 1.29 is 30.7 Å². The molecule has 0 fully saturated rings. The molecule has 0 heterocycles. The van der Waals surface area contributed by atoms with Crippen LogP contribution in [0.25, 0.3) is 0 Å². The van der Waals surface area contributed by atoms with E-state index in [4.69, 9.17) is 15.0 Å². The smallest absolute Gasteiger partial charge is 0.296 e.